The maximum absolute atomic E-state index is 13.2. The molecule has 1 fully saturated rings. The normalized spacial score (nSPS) is 18.7. The molecule has 0 aromatic heterocycles. The van der Waals surface area contributed by atoms with Gasteiger partial charge in [-0.05, 0) is 116 Å². The first-order valence-electron chi connectivity index (χ1n) is 30.2. The van der Waals surface area contributed by atoms with E-state index < -0.39 is 67.3 Å². The highest BCUT2D eigenvalue weighted by molar-refractivity contribution is 5.74. The van der Waals surface area contributed by atoms with Crippen LogP contribution >= 0.6 is 0 Å². The van der Waals surface area contributed by atoms with E-state index in [9.17, 15) is 34.5 Å². The topological polar surface area (TPSA) is 175 Å². The van der Waals surface area contributed by atoms with Crippen molar-refractivity contribution >= 4 is 23.9 Å². The second-order valence-electron chi connectivity index (χ2n) is 20.2. The number of carbonyl (C=O) groups excluding carboxylic acids is 3. The van der Waals surface area contributed by atoms with Crippen molar-refractivity contribution in [3.8, 4) is 0 Å². The van der Waals surface area contributed by atoms with Gasteiger partial charge in [0.25, 0.3) is 0 Å². The molecule has 77 heavy (non-hydrogen) atoms. The van der Waals surface area contributed by atoms with E-state index in [1.54, 1.807) is 0 Å². The highest BCUT2D eigenvalue weighted by atomic mass is 16.7. The summed E-state index contributed by atoms with van der Waals surface area (Å²) in [6, 6.07) is 0. The summed E-state index contributed by atoms with van der Waals surface area (Å²) in [5.41, 5.74) is 0. The number of aliphatic carboxylic acids is 1. The molecular weight excluding hydrogens is 973 g/mol. The van der Waals surface area contributed by atoms with Crippen LogP contribution in [0.2, 0.25) is 0 Å². The van der Waals surface area contributed by atoms with Crippen LogP contribution in [0.5, 0.6) is 0 Å². The number of aliphatic hydroxyl groups excluding tert-OH is 2. The summed E-state index contributed by atoms with van der Waals surface area (Å²) in [5.74, 6) is -3.19. The summed E-state index contributed by atoms with van der Waals surface area (Å²) in [6.07, 6.45) is 56.6. The molecule has 0 amide bonds. The zero-order valence-electron chi connectivity index (χ0n) is 48.2. The number of allylic oxidation sites excluding steroid dienone is 16. The van der Waals surface area contributed by atoms with Crippen LogP contribution in [0.1, 0.15) is 239 Å². The van der Waals surface area contributed by atoms with Gasteiger partial charge in [-0.1, -0.05) is 201 Å². The third-order valence-corrected chi connectivity index (χ3v) is 13.1. The molecule has 438 valence electrons. The third-order valence-electron chi connectivity index (χ3n) is 13.1. The lowest BCUT2D eigenvalue weighted by Crippen LogP contribution is -2.61. The van der Waals surface area contributed by atoms with Crippen LogP contribution in [0.15, 0.2) is 97.2 Å². The molecular formula is C65H106O12. The number of esters is 3. The Morgan fingerprint density at radius 2 is 0.818 bits per heavy atom. The molecule has 3 N–H and O–H groups in total. The van der Waals surface area contributed by atoms with Crippen LogP contribution in [0.25, 0.3) is 0 Å². The molecule has 6 atom stereocenters. The highest BCUT2D eigenvalue weighted by Gasteiger charge is 2.50. The van der Waals surface area contributed by atoms with Crippen LogP contribution in [-0.4, -0.2) is 89.2 Å². The van der Waals surface area contributed by atoms with Crippen molar-refractivity contribution in [2.24, 2.45) is 0 Å². The fraction of sp³-hybridized carbons (Fsp3) is 0.692. The first-order chi connectivity index (χ1) is 37.6. The van der Waals surface area contributed by atoms with Crippen LogP contribution in [0.4, 0.5) is 0 Å². The fourth-order valence-electron chi connectivity index (χ4n) is 8.54. The molecule has 1 heterocycles. The Bertz CT molecular complexity index is 1710. The van der Waals surface area contributed by atoms with Gasteiger partial charge < -0.3 is 39.0 Å². The number of rotatable bonds is 50. The van der Waals surface area contributed by atoms with Crippen molar-refractivity contribution in [1.82, 2.24) is 0 Å². The summed E-state index contributed by atoms with van der Waals surface area (Å²) in [5, 5.41) is 31.5. The van der Waals surface area contributed by atoms with Gasteiger partial charge in [-0.25, -0.2) is 4.79 Å². The lowest BCUT2D eigenvalue weighted by atomic mass is 9.98. The first kappa shape index (κ1) is 70.7. The van der Waals surface area contributed by atoms with E-state index in [1.165, 1.54) is 57.8 Å². The van der Waals surface area contributed by atoms with E-state index in [-0.39, 0.29) is 25.9 Å². The largest absolute Gasteiger partial charge is 0.479 e. The molecule has 0 aliphatic carbocycles. The first-order valence-corrected chi connectivity index (χ1v) is 30.2. The minimum Gasteiger partial charge on any atom is -0.479 e. The minimum absolute atomic E-state index is 0.0189. The van der Waals surface area contributed by atoms with Crippen LogP contribution in [0.3, 0.4) is 0 Å². The van der Waals surface area contributed by atoms with E-state index in [0.29, 0.717) is 19.3 Å². The van der Waals surface area contributed by atoms with Gasteiger partial charge in [0.05, 0.1) is 6.61 Å². The van der Waals surface area contributed by atoms with Crippen molar-refractivity contribution in [3.05, 3.63) is 97.2 Å². The van der Waals surface area contributed by atoms with E-state index in [1.807, 2.05) is 0 Å². The Labute approximate surface area is 466 Å². The van der Waals surface area contributed by atoms with E-state index in [2.05, 4.69) is 118 Å². The quantitative estimate of drug-likeness (QED) is 0.0228. The predicted octanol–water partition coefficient (Wildman–Crippen LogP) is 15.7. The lowest BCUT2D eigenvalue weighted by molar-refractivity contribution is -0.301. The fourth-order valence-corrected chi connectivity index (χ4v) is 8.54. The maximum atomic E-state index is 13.2. The van der Waals surface area contributed by atoms with E-state index in [0.717, 1.165) is 122 Å². The van der Waals surface area contributed by atoms with Crippen molar-refractivity contribution in [2.75, 3.05) is 13.2 Å². The lowest BCUT2D eigenvalue weighted by Gasteiger charge is -2.40. The van der Waals surface area contributed by atoms with Gasteiger partial charge in [0.2, 0.25) is 0 Å². The van der Waals surface area contributed by atoms with Gasteiger partial charge in [0, 0.05) is 19.3 Å². The second-order valence-corrected chi connectivity index (χ2v) is 20.2. The Hall–Kier alpha value is -4.36. The zero-order chi connectivity index (χ0) is 56.1. The van der Waals surface area contributed by atoms with Crippen molar-refractivity contribution in [2.45, 2.75) is 276 Å². The average molecular weight is 1080 g/mol. The molecule has 1 aliphatic rings. The Balaban J connectivity index is 2.70. The van der Waals surface area contributed by atoms with Crippen molar-refractivity contribution < 1.29 is 58.2 Å². The molecule has 0 saturated carbocycles. The molecule has 0 spiro atoms. The zero-order valence-corrected chi connectivity index (χ0v) is 48.2. The molecule has 6 unspecified atom stereocenters. The van der Waals surface area contributed by atoms with Gasteiger partial charge in [-0.3, -0.25) is 14.4 Å². The number of aliphatic hydroxyl groups is 2. The molecule has 12 nitrogen and oxygen atoms in total. The summed E-state index contributed by atoms with van der Waals surface area (Å²) in [7, 11) is 0. The standard InChI is InChI=1S/C65H106O12/c1-4-7-10-13-16-19-22-25-27-28-29-30-32-34-36-39-42-45-48-51-57(66)73-54-56(75-58(67)52-49-46-43-40-38-35-31-26-23-20-17-14-11-8-5-2)55-74-65-63(61(70)60(69)62(77-65)64(71)72)76-59(68)53-50-47-44-41-37-33-24-21-18-15-12-9-6-3/h8-9,11-12,16-21,25-27,31,33,37,56,60-63,65,69-70H,4-7,10,13-15,22-24,28-30,32,34-36,38-55H2,1-3H3,(H,71,72)/b11-8-,12-9-,19-16-,20-17-,21-18-,27-25-,31-26-,37-33-. The predicted molar refractivity (Wildman–Crippen MR) is 312 cm³/mol. The van der Waals surface area contributed by atoms with Crippen molar-refractivity contribution in [1.29, 1.82) is 0 Å². The van der Waals surface area contributed by atoms with Crippen LogP contribution in [0, 0.1) is 0 Å². The molecule has 0 radical (unpaired) electrons. The number of carboxylic acids is 1. The Kier molecular flexibility index (Phi) is 48.0. The number of carbonyl (C=O) groups is 4. The number of ether oxygens (including phenoxy) is 5. The summed E-state index contributed by atoms with van der Waals surface area (Å²) < 4.78 is 28.4. The second kappa shape index (κ2) is 52.3. The summed E-state index contributed by atoms with van der Waals surface area (Å²) in [4.78, 5) is 51.2. The third kappa shape index (κ3) is 42.3. The van der Waals surface area contributed by atoms with Gasteiger partial charge in [-0.15, -0.1) is 0 Å². The highest BCUT2D eigenvalue weighted by Crippen LogP contribution is 2.26. The molecule has 12 heteroatoms. The Morgan fingerprint density at radius 3 is 1.26 bits per heavy atom. The summed E-state index contributed by atoms with van der Waals surface area (Å²) in [6.45, 7) is 5.71. The van der Waals surface area contributed by atoms with Crippen LogP contribution < -0.4 is 0 Å². The number of unbranched alkanes of at least 4 members (excludes halogenated alkanes) is 20. The Morgan fingerprint density at radius 1 is 0.442 bits per heavy atom. The van der Waals surface area contributed by atoms with Gasteiger partial charge in [0.15, 0.2) is 24.6 Å². The maximum Gasteiger partial charge on any atom is 0.335 e. The van der Waals surface area contributed by atoms with Gasteiger partial charge >= 0.3 is 23.9 Å². The van der Waals surface area contributed by atoms with Crippen molar-refractivity contribution in [3.63, 3.8) is 0 Å². The summed E-state index contributed by atoms with van der Waals surface area (Å²) >= 11 is 0. The van der Waals surface area contributed by atoms with E-state index in [4.69, 9.17) is 23.7 Å². The molecule has 1 saturated heterocycles. The smallest absolute Gasteiger partial charge is 0.335 e. The molecule has 0 bridgehead atoms. The average Bonchev–Trinajstić information content (AvgIpc) is 3.41. The van der Waals surface area contributed by atoms with Gasteiger partial charge in [0.1, 0.15) is 18.8 Å². The number of carboxylic acid groups (broad SMARTS) is 1. The van der Waals surface area contributed by atoms with Gasteiger partial charge in [-0.2, -0.15) is 0 Å². The van der Waals surface area contributed by atoms with Crippen LogP contribution in [-0.2, 0) is 42.9 Å². The molecule has 1 aliphatic heterocycles. The number of hydrogen-bond acceptors (Lipinski definition) is 11. The molecule has 0 aromatic carbocycles. The molecule has 0 aromatic rings. The minimum atomic E-state index is -1.92. The number of hydrogen-bond donors (Lipinski definition) is 3. The van der Waals surface area contributed by atoms with E-state index >= 15 is 0 Å². The monoisotopic (exact) mass is 1080 g/mol. The molecule has 1 rings (SSSR count). The SMILES string of the molecule is CC/C=C\C/C=C\C/C=C\CCCCCCCC(=O)OC(COC(=O)CCCCCCCCCCC/C=C\C/C=C\CCCCC)COC1OC(C(=O)O)C(O)C(O)C1OC(=O)CCCCC/C=C\C/C=C\C/C=C\CC.